The van der Waals surface area contributed by atoms with Gasteiger partial charge in [-0.15, -0.1) is 11.8 Å². The number of benzene rings is 2. The van der Waals surface area contributed by atoms with Crippen LogP contribution in [0.2, 0.25) is 5.02 Å². The second kappa shape index (κ2) is 10.0. The summed E-state index contributed by atoms with van der Waals surface area (Å²) >= 11 is 7.44. The van der Waals surface area contributed by atoms with Crippen LogP contribution in [0.25, 0.3) is 0 Å². The van der Waals surface area contributed by atoms with Crippen molar-refractivity contribution in [2.45, 2.75) is 12.3 Å². The lowest BCUT2D eigenvalue weighted by Gasteiger charge is -2.07. The summed E-state index contributed by atoms with van der Waals surface area (Å²) < 4.78 is 4.96. The monoisotopic (exact) mass is 363 g/mol. The number of halogens is 1. The first-order valence-electron chi connectivity index (χ1n) is 7.42. The predicted octanol–water partition coefficient (Wildman–Crippen LogP) is 3.43. The first-order valence-corrected chi connectivity index (χ1v) is 8.96. The maximum Gasteiger partial charge on any atom is 0.316 e. The zero-order valence-corrected chi connectivity index (χ0v) is 14.6. The molecule has 2 aromatic rings. The van der Waals surface area contributed by atoms with Gasteiger partial charge in [-0.25, -0.2) is 0 Å². The van der Waals surface area contributed by atoms with Crippen molar-refractivity contribution in [2.75, 3.05) is 12.4 Å². The maximum absolute atomic E-state index is 11.6. The number of rotatable bonds is 8. The molecule has 0 unspecified atom stereocenters. The number of ether oxygens (including phenoxy) is 1. The molecule has 0 aliphatic rings. The van der Waals surface area contributed by atoms with E-state index in [1.807, 2.05) is 54.6 Å². The summed E-state index contributed by atoms with van der Waals surface area (Å²) in [4.78, 5) is 23.3. The Balaban J connectivity index is 1.60. The number of hydrogen-bond donors (Lipinski definition) is 1. The molecule has 4 nitrogen and oxygen atoms in total. The van der Waals surface area contributed by atoms with Crippen molar-refractivity contribution < 1.29 is 14.3 Å². The lowest BCUT2D eigenvalue weighted by atomic mass is 10.2. The first kappa shape index (κ1) is 18.4. The summed E-state index contributed by atoms with van der Waals surface area (Å²) in [6.45, 7) is 0.150. The molecule has 0 aromatic heterocycles. The molecular formula is C18H18ClNO3S. The number of hydrogen-bond acceptors (Lipinski definition) is 4. The minimum Gasteiger partial charge on any atom is -0.455 e. The van der Waals surface area contributed by atoms with Crippen molar-refractivity contribution in [1.29, 1.82) is 0 Å². The molecule has 0 atom stereocenters. The first-order chi connectivity index (χ1) is 11.6. The highest BCUT2D eigenvalue weighted by atomic mass is 35.5. The maximum atomic E-state index is 11.6. The fourth-order valence-corrected chi connectivity index (χ4v) is 3.00. The van der Waals surface area contributed by atoms with Crippen LogP contribution in [0, 0.1) is 0 Å². The largest absolute Gasteiger partial charge is 0.455 e. The van der Waals surface area contributed by atoms with Crippen LogP contribution in [-0.4, -0.2) is 24.2 Å². The van der Waals surface area contributed by atoms with E-state index in [1.54, 1.807) is 0 Å². The van der Waals surface area contributed by atoms with Crippen molar-refractivity contribution in [3.8, 4) is 0 Å². The Kier molecular flexibility index (Phi) is 7.65. The van der Waals surface area contributed by atoms with E-state index in [2.05, 4.69) is 5.32 Å². The lowest BCUT2D eigenvalue weighted by Crippen LogP contribution is -2.28. The van der Waals surface area contributed by atoms with Crippen molar-refractivity contribution >= 4 is 35.2 Å². The van der Waals surface area contributed by atoms with Gasteiger partial charge in [0.25, 0.3) is 5.91 Å². The fraction of sp³-hybridized carbons (Fsp3) is 0.222. The van der Waals surface area contributed by atoms with E-state index in [-0.39, 0.29) is 18.3 Å². The Bertz CT molecular complexity index is 679. The molecule has 0 fully saturated rings. The molecule has 0 heterocycles. The summed E-state index contributed by atoms with van der Waals surface area (Å²) in [6, 6.07) is 17.0. The smallest absolute Gasteiger partial charge is 0.316 e. The van der Waals surface area contributed by atoms with Gasteiger partial charge < -0.3 is 10.1 Å². The highest BCUT2D eigenvalue weighted by Crippen LogP contribution is 2.20. The summed E-state index contributed by atoms with van der Waals surface area (Å²) in [5.74, 6) is 0.0665. The summed E-state index contributed by atoms with van der Waals surface area (Å²) in [6.07, 6.45) is 0. The Morgan fingerprint density at radius 1 is 1.04 bits per heavy atom. The highest BCUT2D eigenvalue weighted by Gasteiger charge is 2.08. The summed E-state index contributed by atoms with van der Waals surface area (Å²) in [5.41, 5.74) is 1.96. The normalized spacial score (nSPS) is 10.2. The molecule has 0 bridgehead atoms. The Morgan fingerprint density at radius 2 is 1.75 bits per heavy atom. The average molecular weight is 364 g/mol. The second-order valence-electron chi connectivity index (χ2n) is 5.01. The van der Waals surface area contributed by atoms with E-state index in [9.17, 15) is 9.59 Å². The van der Waals surface area contributed by atoms with Crippen LogP contribution in [0.3, 0.4) is 0 Å². The van der Waals surface area contributed by atoms with Crippen molar-refractivity contribution in [3.63, 3.8) is 0 Å². The topological polar surface area (TPSA) is 55.4 Å². The minimum absolute atomic E-state index is 0.178. The third kappa shape index (κ3) is 6.64. The van der Waals surface area contributed by atoms with E-state index in [4.69, 9.17) is 16.3 Å². The Morgan fingerprint density at radius 3 is 2.50 bits per heavy atom. The molecule has 2 rings (SSSR count). The van der Waals surface area contributed by atoms with E-state index < -0.39 is 5.97 Å². The molecule has 6 heteroatoms. The van der Waals surface area contributed by atoms with E-state index in [1.165, 1.54) is 11.8 Å². The van der Waals surface area contributed by atoms with Crippen LogP contribution in [-0.2, 0) is 26.6 Å². The molecule has 0 spiro atoms. The zero-order chi connectivity index (χ0) is 17.2. The molecule has 0 saturated carbocycles. The minimum atomic E-state index is -0.415. The third-order valence-corrected chi connectivity index (χ3v) is 4.46. The lowest BCUT2D eigenvalue weighted by molar-refractivity contribution is -0.145. The molecule has 24 heavy (non-hydrogen) atoms. The summed E-state index contributed by atoms with van der Waals surface area (Å²) in [7, 11) is 0. The van der Waals surface area contributed by atoms with Crippen LogP contribution in [0.15, 0.2) is 54.6 Å². The quantitative estimate of drug-likeness (QED) is 0.730. The molecule has 0 saturated heterocycles. The molecule has 2 aromatic carbocycles. The molecule has 0 aliphatic heterocycles. The van der Waals surface area contributed by atoms with Crippen molar-refractivity contribution in [2.24, 2.45) is 0 Å². The predicted molar refractivity (Wildman–Crippen MR) is 96.9 cm³/mol. The molecule has 1 amide bonds. The fourth-order valence-electron chi connectivity index (χ4n) is 1.90. The van der Waals surface area contributed by atoms with Gasteiger partial charge in [0.1, 0.15) is 0 Å². The van der Waals surface area contributed by atoms with Gasteiger partial charge in [-0.05, 0) is 17.2 Å². The Hall–Kier alpha value is -1.98. The van der Waals surface area contributed by atoms with Crippen LogP contribution in [0.4, 0.5) is 0 Å². The highest BCUT2D eigenvalue weighted by molar-refractivity contribution is 7.99. The third-order valence-electron chi connectivity index (χ3n) is 3.13. The van der Waals surface area contributed by atoms with Crippen molar-refractivity contribution in [3.05, 3.63) is 70.7 Å². The van der Waals surface area contributed by atoms with Gasteiger partial charge in [0, 0.05) is 17.3 Å². The summed E-state index contributed by atoms with van der Waals surface area (Å²) in [5, 5.41) is 3.38. The van der Waals surface area contributed by atoms with Gasteiger partial charge in [0.15, 0.2) is 6.61 Å². The average Bonchev–Trinajstić information content (AvgIpc) is 2.61. The van der Waals surface area contributed by atoms with Gasteiger partial charge in [0.2, 0.25) is 0 Å². The van der Waals surface area contributed by atoms with Crippen molar-refractivity contribution in [1.82, 2.24) is 5.32 Å². The van der Waals surface area contributed by atoms with E-state index in [0.717, 1.165) is 11.1 Å². The number of carbonyl (C=O) groups is 2. The molecule has 126 valence electrons. The van der Waals surface area contributed by atoms with Gasteiger partial charge in [-0.3, -0.25) is 9.59 Å². The molecule has 0 radical (unpaired) electrons. The standard InChI is InChI=1S/C18H18ClNO3S/c19-16-9-5-4-8-15(16)12-24-13-18(22)23-11-17(21)20-10-14-6-2-1-3-7-14/h1-9H,10-13H2,(H,20,21). The number of esters is 1. The van der Waals surface area contributed by atoms with Gasteiger partial charge >= 0.3 is 5.97 Å². The van der Waals surface area contributed by atoms with E-state index >= 15 is 0 Å². The second-order valence-corrected chi connectivity index (χ2v) is 6.40. The number of amides is 1. The van der Waals surface area contributed by atoms with Gasteiger partial charge in [-0.2, -0.15) is 0 Å². The van der Waals surface area contributed by atoms with E-state index in [0.29, 0.717) is 17.3 Å². The van der Waals surface area contributed by atoms with Crippen LogP contribution >= 0.6 is 23.4 Å². The molecule has 0 aliphatic carbocycles. The van der Waals surface area contributed by atoms with Gasteiger partial charge in [-0.1, -0.05) is 60.1 Å². The van der Waals surface area contributed by atoms with Gasteiger partial charge in [0.05, 0.1) is 5.75 Å². The van der Waals surface area contributed by atoms with Crippen LogP contribution < -0.4 is 5.32 Å². The number of nitrogens with one attached hydrogen (secondary N) is 1. The number of thioether (sulfide) groups is 1. The van der Waals surface area contributed by atoms with Crippen LogP contribution in [0.1, 0.15) is 11.1 Å². The zero-order valence-electron chi connectivity index (χ0n) is 13.0. The van der Waals surface area contributed by atoms with Crippen LogP contribution in [0.5, 0.6) is 0 Å². The SMILES string of the molecule is O=C(COC(=O)CSCc1ccccc1Cl)NCc1ccccc1. The molecule has 1 N–H and O–H groups in total. The Labute approximate surface area is 150 Å². The molecular weight excluding hydrogens is 346 g/mol. The number of carbonyl (C=O) groups excluding carboxylic acids is 2.